The number of para-hydroxylation sites is 1. The molecule has 3 N–H and O–H groups in total. The number of ether oxygens (including phenoxy) is 2. The van der Waals surface area contributed by atoms with Crippen LogP contribution in [0.5, 0.6) is 11.5 Å². The number of nitrogens with one attached hydrogen (secondary N) is 2. The number of carbonyl (C=O) groups is 1. The van der Waals surface area contributed by atoms with E-state index in [1.165, 1.54) is 12.1 Å². The van der Waals surface area contributed by atoms with Crippen molar-refractivity contribution in [2.45, 2.75) is 32.5 Å². The Morgan fingerprint density at radius 3 is 2.64 bits per heavy atom. The predicted octanol–water partition coefficient (Wildman–Crippen LogP) is 6.38. The van der Waals surface area contributed by atoms with Crippen LogP contribution in [0.1, 0.15) is 23.6 Å². The van der Waals surface area contributed by atoms with Crippen molar-refractivity contribution in [2.75, 3.05) is 6.61 Å². The molecule has 4 rings (SSSR count). The summed E-state index contributed by atoms with van der Waals surface area (Å²) in [5.74, 6) is -0.634. The van der Waals surface area contributed by atoms with Gasteiger partial charge in [-0.15, -0.1) is 0 Å². The highest BCUT2D eigenvalue weighted by atomic mass is 35.5. The van der Waals surface area contributed by atoms with Crippen LogP contribution in [0.3, 0.4) is 0 Å². The number of rotatable bonds is 11. The van der Waals surface area contributed by atoms with E-state index in [2.05, 4.69) is 10.3 Å². The minimum Gasteiger partial charge on any atom is -0.490 e. The molecule has 9 heteroatoms. The van der Waals surface area contributed by atoms with Gasteiger partial charge in [0, 0.05) is 35.6 Å². The lowest BCUT2D eigenvalue weighted by molar-refractivity contribution is -0.139. The number of aromatic amines is 1. The normalized spacial score (nSPS) is 12.0. The van der Waals surface area contributed by atoms with Crippen LogP contribution in [-0.2, 0) is 24.4 Å². The van der Waals surface area contributed by atoms with E-state index < -0.39 is 17.8 Å². The average molecular weight is 531 g/mol. The van der Waals surface area contributed by atoms with Gasteiger partial charge in [-0.3, -0.25) is 4.79 Å². The molecule has 0 aliphatic carbocycles. The molecular weight excluding hydrogens is 506 g/mol. The van der Waals surface area contributed by atoms with Gasteiger partial charge in [0.05, 0.1) is 16.7 Å². The van der Waals surface area contributed by atoms with E-state index in [9.17, 15) is 14.3 Å². The third-order valence-corrected chi connectivity index (χ3v) is 6.34. The molecule has 0 saturated heterocycles. The highest BCUT2D eigenvalue weighted by Crippen LogP contribution is 2.37. The zero-order valence-corrected chi connectivity index (χ0v) is 21.0. The maximum absolute atomic E-state index is 13.3. The van der Waals surface area contributed by atoms with Gasteiger partial charge in [-0.2, -0.15) is 0 Å². The molecule has 0 aliphatic rings. The summed E-state index contributed by atoms with van der Waals surface area (Å²) in [6, 6.07) is 14.5. The second-order valence-electron chi connectivity index (χ2n) is 8.20. The van der Waals surface area contributed by atoms with Crippen molar-refractivity contribution in [1.82, 2.24) is 10.3 Å². The summed E-state index contributed by atoms with van der Waals surface area (Å²) in [4.78, 5) is 15.1. The highest BCUT2D eigenvalue weighted by Gasteiger charge is 2.20. The average Bonchev–Trinajstić information content (AvgIpc) is 3.25. The largest absolute Gasteiger partial charge is 0.490 e. The van der Waals surface area contributed by atoms with E-state index in [0.717, 1.165) is 22.0 Å². The molecule has 0 aliphatic heterocycles. The number of H-pyrrole nitrogens is 1. The van der Waals surface area contributed by atoms with Gasteiger partial charge in [-0.1, -0.05) is 47.5 Å². The molecular formula is C27H25Cl2FN2O4. The molecule has 0 unspecified atom stereocenters. The molecule has 0 radical (unpaired) electrons. The quantitative estimate of drug-likeness (QED) is 0.209. The van der Waals surface area contributed by atoms with Crippen molar-refractivity contribution in [2.24, 2.45) is 0 Å². The van der Waals surface area contributed by atoms with Crippen LogP contribution in [0.2, 0.25) is 10.0 Å². The topological polar surface area (TPSA) is 83.6 Å². The van der Waals surface area contributed by atoms with E-state index in [-0.39, 0.29) is 18.2 Å². The van der Waals surface area contributed by atoms with Gasteiger partial charge in [0.25, 0.3) is 0 Å². The maximum Gasteiger partial charge on any atom is 0.321 e. The molecule has 0 fully saturated rings. The number of carboxylic acids is 1. The van der Waals surface area contributed by atoms with Crippen molar-refractivity contribution in [1.29, 1.82) is 0 Å². The lowest BCUT2D eigenvalue weighted by atomic mass is 10.0. The van der Waals surface area contributed by atoms with E-state index in [4.69, 9.17) is 32.7 Å². The van der Waals surface area contributed by atoms with Crippen molar-refractivity contribution in [3.63, 3.8) is 0 Å². The minimum absolute atomic E-state index is 0.0716. The number of benzene rings is 3. The Morgan fingerprint density at radius 1 is 1.08 bits per heavy atom. The van der Waals surface area contributed by atoms with Gasteiger partial charge in [0.1, 0.15) is 18.5 Å². The molecule has 3 aromatic carbocycles. The van der Waals surface area contributed by atoms with Crippen LogP contribution in [0.25, 0.3) is 10.9 Å². The predicted molar refractivity (Wildman–Crippen MR) is 139 cm³/mol. The number of hydrogen-bond donors (Lipinski definition) is 3. The summed E-state index contributed by atoms with van der Waals surface area (Å²) in [5.41, 5.74) is 3.22. The summed E-state index contributed by atoms with van der Waals surface area (Å²) < 4.78 is 24.9. The molecule has 1 aromatic heterocycles. The first kappa shape index (κ1) is 25.8. The number of aromatic nitrogens is 1. The third kappa shape index (κ3) is 6.10. The van der Waals surface area contributed by atoms with Crippen molar-refractivity contribution >= 4 is 40.1 Å². The SMILES string of the molecule is CCOc1cc(CN[C@H](Cc2c[nH]c3ccccc23)C(=O)O)cc(Cl)c1OCc1ccc(F)cc1Cl. The van der Waals surface area contributed by atoms with Gasteiger partial charge < -0.3 is 24.9 Å². The van der Waals surface area contributed by atoms with Crippen LogP contribution in [0.15, 0.2) is 60.8 Å². The monoisotopic (exact) mass is 530 g/mol. The van der Waals surface area contributed by atoms with Gasteiger partial charge in [-0.05, 0) is 48.4 Å². The number of carboxylic acid groups (broad SMARTS) is 1. The Balaban J connectivity index is 1.48. The molecule has 188 valence electrons. The van der Waals surface area contributed by atoms with E-state index in [1.54, 1.807) is 18.2 Å². The van der Waals surface area contributed by atoms with E-state index in [1.807, 2.05) is 37.4 Å². The Morgan fingerprint density at radius 2 is 1.89 bits per heavy atom. The van der Waals surface area contributed by atoms with Crippen LogP contribution in [0.4, 0.5) is 4.39 Å². The molecule has 1 atom stereocenters. The molecule has 36 heavy (non-hydrogen) atoms. The Labute approximate surface area is 217 Å². The number of halogens is 3. The second kappa shape index (κ2) is 11.6. The zero-order chi connectivity index (χ0) is 25.7. The number of hydrogen-bond acceptors (Lipinski definition) is 4. The first-order chi connectivity index (χ1) is 17.4. The third-order valence-electron chi connectivity index (χ3n) is 5.71. The number of aliphatic carboxylic acids is 1. The molecule has 1 heterocycles. The lowest BCUT2D eigenvalue weighted by Crippen LogP contribution is -2.38. The molecule has 0 spiro atoms. The summed E-state index contributed by atoms with van der Waals surface area (Å²) in [6.07, 6.45) is 2.15. The maximum atomic E-state index is 13.3. The Hall–Kier alpha value is -3.26. The first-order valence-corrected chi connectivity index (χ1v) is 12.1. The fourth-order valence-electron chi connectivity index (χ4n) is 3.92. The fourth-order valence-corrected chi connectivity index (χ4v) is 4.43. The van der Waals surface area contributed by atoms with Crippen LogP contribution >= 0.6 is 23.2 Å². The van der Waals surface area contributed by atoms with Crippen molar-refractivity contribution < 1.29 is 23.8 Å². The van der Waals surface area contributed by atoms with E-state index >= 15 is 0 Å². The summed E-state index contributed by atoms with van der Waals surface area (Å²) in [7, 11) is 0. The molecule has 0 saturated carbocycles. The van der Waals surface area contributed by atoms with Crippen molar-refractivity contribution in [3.8, 4) is 11.5 Å². The first-order valence-electron chi connectivity index (χ1n) is 11.4. The lowest BCUT2D eigenvalue weighted by Gasteiger charge is -2.18. The number of fused-ring (bicyclic) bond motifs is 1. The van der Waals surface area contributed by atoms with Gasteiger partial charge in [0.15, 0.2) is 11.5 Å². The minimum atomic E-state index is -0.951. The molecule has 0 bridgehead atoms. The second-order valence-corrected chi connectivity index (χ2v) is 9.01. The van der Waals surface area contributed by atoms with Crippen LogP contribution in [-0.4, -0.2) is 28.7 Å². The van der Waals surface area contributed by atoms with Gasteiger partial charge >= 0.3 is 5.97 Å². The summed E-state index contributed by atoms with van der Waals surface area (Å²) in [6.45, 7) is 2.53. The standard InChI is InChI=1S/C27H25Cl2FN2O4/c1-2-35-25-10-16(9-22(29)26(25)36-15-17-7-8-19(30)12-21(17)28)13-31-24(27(33)34)11-18-14-32-23-6-4-3-5-20(18)23/h3-10,12,14,24,31-32H,2,11,13,15H2,1H3,(H,33,34)/t24-/m1/s1. The Kier molecular flexibility index (Phi) is 8.36. The van der Waals surface area contributed by atoms with Crippen LogP contribution in [0, 0.1) is 5.82 Å². The van der Waals surface area contributed by atoms with Gasteiger partial charge in [0.2, 0.25) is 0 Å². The smallest absolute Gasteiger partial charge is 0.321 e. The fraction of sp³-hybridized carbons (Fsp3) is 0.222. The Bertz CT molecular complexity index is 1380. The summed E-state index contributed by atoms with van der Waals surface area (Å²) in [5, 5.41) is 14.5. The van der Waals surface area contributed by atoms with Crippen LogP contribution < -0.4 is 14.8 Å². The highest BCUT2D eigenvalue weighted by molar-refractivity contribution is 6.32. The van der Waals surface area contributed by atoms with E-state index in [0.29, 0.717) is 35.1 Å². The summed E-state index contributed by atoms with van der Waals surface area (Å²) >= 11 is 12.6. The molecule has 4 aromatic rings. The van der Waals surface area contributed by atoms with Gasteiger partial charge in [-0.25, -0.2) is 4.39 Å². The van der Waals surface area contributed by atoms with Crippen molar-refractivity contribution in [3.05, 3.63) is 93.3 Å². The molecule has 6 nitrogen and oxygen atoms in total. The zero-order valence-electron chi connectivity index (χ0n) is 19.5. The molecule has 0 amide bonds.